The molecule has 0 fully saturated rings. The van der Waals surface area contributed by atoms with Gasteiger partial charge in [0.05, 0.1) is 0 Å². The van der Waals surface area contributed by atoms with E-state index in [0.29, 0.717) is 11.7 Å². The average Bonchev–Trinajstić information content (AvgIpc) is 2.59. The maximum Gasteiger partial charge on any atom is 0.140 e. The summed E-state index contributed by atoms with van der Waals surface area (Å²) in [7, 11) is 0. The summed E-state index contributed by atoms with van der Waals surface area (Å²) in [5.74, 6) is 0. The minimum absolute atomic E-state index is 0.523. The van der Waals surface area contributed by atoms with Crippen LogP contribution in [0, 0.1) is 11.3 Å². The highest BCUT2D eigenvalue weighted by atomic mass is 15.2. The number of aromatic nitrogens is 1. The summed E-state index contributed by atoms with van der Waals surface area (Å²) in [4.78, 5) is 6.44. The van der Waals surface area contributed by atoms with Crippen LogP contribution >= 0.6 is 0 Å². The Bertz CT molecular complexity index is 390. The molecule has 1 aromatic heterocycles. The second kappa shape index (κ2) is 3.39. The molecule has 0 unspecified atom stereocenters. The first kappa shape index (κ1) is 9.17. The molecule has 0 bridgehead atoms. The number of nitriles is 1. The van der Waals surface area contributed by atoms with Crippen molar-refractivity contribution in [2.75, 3.05) is 0 Å². The summed E-state index contributed by atoms with van der Waals surface area (Å²) in [5, 5.41) is 8.72. The van der Waals surface area contributed by atoms with E-state index in [2.05, 4.69) is 29.8 Å². The minimum atomic E-state index is 0.523. The van der Waals surface area contributed by atoms with Crippen molar-refractivity contribution in [3.63, 3.8) is 0 Å². The van der Waals surface area contributed by atoms with Gasteiger partial charge in [-0.05, 0) is 31.0 Å². The van der Waals surface area contributed by atoms with Crippen molar-refractivity contribution in [2.24, 2.45) is 0 Å². The summed E-state index contributed by atoms with van der Waals surface area (Å²) in [6, 6.07) is 4.52. The van der Waals surface area contributed by atoms with Crippen LogP contribution in [-0.2, 0) is 13.1 Å². The summed E-state index contributed by atoms with van der Waals surface area (Å²) in [5.41, 5.74) is 3.04. The van der Waals surface area contributed by atoms with E-state index in [-0.39, 0.29) is 0 Å². The normalized spacial score (nSPS) is 15.6. The van der Waals surface area contributed by atoms with E-state index in [0.717, 1.165) is 13.1 Å². The molecule has 0 radical (unpaired) electrons. The largest absolute Gasteiger partial charge is 0.292 e. The monoisotopic (exact) mass is 187 g/mol. The van der Waals surface area contributed by atoms with Crippen LogP contribution in [-0.4, -0.2) is 15.9 Å². The molecular formula is C11H13N3. The van der Waals surface area contributed by atoms with Crippen molar-refractivity contribution in [3.05, 3.63) is 29.1 Å². The zero-order valence-corrected chi connectivity index (χ0v) is 8.49. The Morgan fingerprint density at radius 1 is 1.43 bits per heavy atom. The van der Waals surface area contributed by atoms with Gasteiger partial charge in [0.1, 0.15) is 11.8 Å². The third-order valence-corrected chi connectivity index (χ3v) is 2.67. The zero-order chi connectivity index (χ0) is 10.1. The van der Waals surface area contributed by atoms with Gasteiger partial charge in [0.25, 0.3) is 0 Å². The van der Waals surface area contributed by atoms with E-state index in [1.807, 2.05) is 12.3 Å². The van der Waals surface area contributed by atoms with Crippen molar-refractivity contribution in [1.29, 1.82) is 5.26 Å². The molecule has 1 aliphatic rings. The topological polar surface area (TPSA) is 39.9 Å². The first-order chi connectivity index (χ1) is 6.70. The lowest BCUT2D eigenvalue weighted by Gasteiger charge is -2.18. The van der Waals surface area contributed by atoms with Gasteiger partial charge < -0.3 is 0 Å². The van der Waals surface area contributed by atoms with E-state index in [1.54, 1.807) is 0 Å². The number of hydrogen-bond acceptors (Lipinski definition) is 3. The quantitative estimate of drug-likeness (QED) is 0.671. The maximum absolute atomic E-state index is 8.72. The number of pyridine rings is 1. The summed E-state index contributed by atoms with van der Waals surface area (Å²) < 4.78 is 0. The SMILES string of the molecule is CC(C)N1Cc2cnc(C#N)cc2C1. The molecule has 0 amide bonds. The van der Waals surface area contributed by atoms with Gasteiger partial charge in [0, 0.05) is 25.3 Å². The predicted molar refractivity (Wildman–Crippen MR) is 53.3 cm³/mol. The first-order valence-electron chi connectivity index (χ1n) is 4.82. The molecule has 3 heteroatoms. The van der Waals surface area contributed by atoms with Gasteiger partial charge in [-0.15, -0.1) is 0 Å². The van der Waals surface area contributed by atoms with E-state index in [4.69, 9.17) is 5.26 Å². The fourth-order valence-electron chi connectivity index (χ4n) is 1.73. The van der Waals surface area contributed by atoms with E-state index in [9.17, 15) is 0 Å². The predicted octanol–water partition coefficient (Wildman–Crippen LogP) is 1.68. The van der Waals surface area contributed by atoms with Gasteiger partial charge in [-0.3, -0.25) is 4.90 Å². The Morgan fingerprint density at radius 3 is 2.79 bits per heavy atom. The van der Waals surface area contributed by atoms with Crippen LogP contribution in [0.4, 0.5) is 0 Å². The van der Waals surface area contributed by atoms with Crippen molar-refractivity contribution in [1.82, 2.24) is 9.88 Å². The Morgan fingerprint density at radius 2 is 2.14 bits per heavy atom. The molecule has 72 valence electrons. The average molecular weight is 187 g/mol. The molecule has 0 saturated carbocycles. The lowest BCUT2D eigenvalue weighted by Crippen LogP contribution is -2.24. The van der Waals surface area contributed by atoms with Crippen LogP contribution in [0.1, 0.15) is 30.7 Å². The van der Waals surface area contributed by atoms with Crippen molar-refractivity contribution >= 4 is 0 Å². The smallest absolute Gasteiger partial charge is 0.140 e. The van der Waals surface area contributed by atoms with E-state index < -0.39 is 0 Å². The Kier molecular flexibility index (Phi) is 2.22. The number of hydrogen-bond donors (Lipinski definition) is 0. The van der Waals surface area contributed by atoms with Crippen LogP contribution in [0.15, 0.2) is 12.3 Å². The van der Waals surface area contributed by atoms with Crippen LogP contribution in [0.2, 0.25) is 0 Å². The second-order valence-electron chi connectivity index (χ2n) is 3.95. The van der Waals surface area contributed by atoms with E-state index in [1.165, 1.54) is 11.1 Å². The van der Waals surface area contributed by atoms with Gasteiger partial charge in [-0.2, -0.15) is 5.26 Å². The standard InChI is InChI=1S/C11H13N3/c1-8(2)14-6-9-3-11(4-12)13-5-10(9)7-14/h3,5,8H,6-7H2,1-2H3. The molecule has 2 rings (SSSR count). The first-order valence-corrected chi connectivity index (χ1v) is 4.82. The Labute approximate surface area is 84.0 Å². The van der Waals surface area contributed by atoms with Crippen LogP contribution in [0.5, 0.6) is 0 Å². The highest BCUT2D eigenvalue weighted by Crippen LogP contribution is 2.23. The minimum Gasteiger partial charge on any atom is -0.292 e. The van der Waals surface area contributed by atoms with Gasteiger partial charge >= 0.3 is 0 Å². The molecule has 0 aliphatic carbocycles. The van der Waals surface area contributed by atoms with Crippen molar-refractivity contribution in [2.45, 2.75) is 33.0 Å². The fraction of sp³-hybridized carbons (Fsp3) is 0.455. The molecule has 2 heterocycles. The molecule has 0 spiro atoms. The van der Waals surface area contributed by atoms with Crippen LogP contribution < -0.4 is 0 Å². The number of fused-ring (bicyclic) bond motifs is 1. The number of nitrogens with zero attached hydrogens (tertiary/aromatic N) is 3. The molecular weight excluding hydrogens is 174 g/mol. The van der Waals surface area contributed by atoms with Gasteiger partial charge in [0.15, 0.2) is 0 Å². The summed E-state index contributed by atoms with van der Waals surface area (Å²) in [6.45, 7) is 6.28. The van der Waals surface area contributed by atoms with E-state index >= 15 is 0 Å². The molecule has 0 aromatic carbocycles. The lowest BCUT2D eigenvalue weighted by atomic mass is 10.1. The molecule has 0 saturated heterocycles. The maximum atomic E-state index is 8.72. The highest BCUT2D eigenvalue weighted by Gasteiger charge is 2.21. The second-order valence-corrected chi connectivity index (χ2v) is 3.95. The van der Waals surface area contributed by atoms with Crippen molar-refractivity contribution in [3.8, 4) is 6.07 Å². The van der Waals surface area contributed by atoms with Crippen LogP contribution in [0.25, 0.3) is 0 Å². The lowest BCUT2D eigenvalue weighted by molar-refractivity contribution is 0.227. The number of rotatable bonds is 1. The van der Waals surface area contributed by atoms with Gasteiger partial charge in [-0.25, -0.2) is 4.98 Å². The Hall–Kier alpha value is -1.40. The molecule has 14 heavy (non-hydrogen) atoms. The van der Waals surface area contributed by atoms with Crippen molar-refractivity contribution < 1.29 is 0 Å². The molecule has 0 N–H and O–H groups in total. The summed E-state index contributed by atoms with van der Waals surface area (Å²) >= 11 is 0. The third-order valence-electron chi connectivity index (χ3n) is 2.67. The molecule has 1 aromatic rings. The molecule has 1 aliphatic heterocycles. The summed E-state index contributed by atoms with van der Waals surface area (Å²) in [6.07, 6.45) is 1.83. The fourth-order valence-corrected chi connectivity index (χ4v) is 1.73. The third kappa shape index (κ3) is 1.49. The van der Waals surface area contributed by atoms with Gasteiger partial charge in [0.2, 0.25) is 0 Å². The zero-order valence-electron chi connectivity index (χ0n) is 8.49. The van der Waals surface area contributed by atoms with Crippen LogP contribution in [0.3, 0.4) is 0 Å². The Balaban J connectivity index is 2.28. The molecule has 3 nitrogen and oxygen atoms in total. The van der Waals surface area contributed by atoms with Gasteiger partial charge in [-0.1, -0.05) is 0 Å². The molecule has 0 atom stereocenters. The highest BCUT2D eigenvalue weighted by molar-refractivity contribution is 5.34.